The van der Waals surface area contributed by atoms with E-state index in [9.17, 15) is 0 Å². The number of thioether (sulfide) groups is 1. The predicted molar refractivity (Wildman–Crippen MR) is 119 cm³/mol. The average molecular weight is 424 g/mol. The summed E-state index contributed by atoms with van der Waals surface area (Å²) in [5, 5.41) is 9.38. The van der Waals surface area contributed by atoms with Crippen molar-refractivity contribution in [3.05, 3.63) is 40.7 Å². The van der Waals surface area contributed by atoms with Gasteiger partial charge in [0.25, 0.3) is 0 Å². The number of benzene rings is 1. The second-order valence-corrected chi connectivity index (χ2v) is 8.32. The molecule has 146 valence electrons. The number of thiocarbonyl (C=S) groups is 1. The average Bonchev–Trinajstić information content (AvgIpc) is 2.84. The van der Waals surface area contributed by atoms with E-state index in [2.05, 4.69) is 44.7 Å². The molecule has 1 saturated heterocycles. The van der Waals surface area contributed by atoms with Crippen LogP contribution in [-0.4, -0.2) is 57.1 Å². The molecule has 1 N–H and O–H groups in total. The Labute approximate surface area is 176 Å². The fraction of sp³-hybridized carbons (Fsp3) is 0.474. The molecule has 1 aliphatic heterocycles. The van der Waals surface area contributed by atoms with Crippen LogP contribution in [0, 0.1) is 6.92 Å². The number of nitrogens with zero attached hydrogens (tertiary/aromatic N) is 4. The van der Waals surface area contributed by atoms with E-state index in [-0.39, 0.29) is 0 Å². The fourth-order valence-electron chi connectivity index (χ4n) is 3.35. The molecule has 2 heterocycles. The van der Waals surface area contributed by atoms with E-state index in [1.807, 2.05) is 20.0 Å². The van der Waals surface area contributed by atoms with Gasteiger partial charge in [-0.15, -0.1) is 11.8 Å². The highest BCUT2D eigenvalue weighted by Gasteiger charge is 2.20. The van der Waals surface area contributed by atoms with Crippen LogP contribution in [0.5, 0.6) is 0 Å². The van der Waals surface area contributed by atoms with Crippen molar-refractivity contribution in [3.63, 3.8) is 0 Å². The predicted octanol–water partition coefficient (Wildman–Crippen LogP) is 4.01. The number of rotatable bonds is 4. The number of para-hydroxylation sites is 1. The molecular weight excluding hydrogens is 398 g/mol. The summed E-state index contributed by atoms with van der Waals surface area (Å²) in [5.74, 6) is 0. The molecule has 2 aromatic rings. The molecule has 5 nitrogen and oxygen atoms in total. The minimum atomic E-state index is 0.736. The number of halogens is 1. The normalized spacial score (nSPS) is 15.6. The molecule has 0 atom stereocenters. The van der Waals surface area contributed by atoms with Gasteiger partial charge in [0.15, 0.2) is 5.11 Å². The quantitative estimate of drug-likeness (QED) is 0.591. The molecule has 0 saturated carbocycles. The van der Waals surface area contributed by atoms with Crippen molar-refractivity contribution < 1.29 is 0 Å². The lowest BCUT2D eigenvalue weighted by atomic mass is 10.2. The van der Waals surface area contributed by atoms with Crippen LogP contribution < -0.4 is 5.32 Å². The number of nitrogens with one attached hydrogen (secondary N) is 1. The lowest BCUT2D eigenvalue weighted by Gasteiger charge is -2.25. The Kier molecular flexibility index (Phi) is 7.03. The Hall–Kier alpha value is -1.28. The Morgan fingerprint density at radius 2 is 2.04 bits per heavy atom. The summed E-state index contributed by atoms with van der Waals surface area (Å²) in [6.45, 7) is 6.71. The maximum atomic E-state index is 6.40. The maximum Gasteiger partial charge on any atom is 0.173 e. The Morgan fingerprint density at radius 1 is 1.26 bits per heavy atom. The van der Waals surface area contributed by atoms with Crippen LogP contribution in [0.2, 0.25) is 5.15 Å². The van der Waals surface area contributed by atoms with E-state index in [0.29, 0.717) is 0 Å². The van der Waals surface area contributed by atoms with Crippen molar-refractivity contribution in [2.24, 2.45) is 7.05 Å². The van der Waals surface area contributed by atoms with Gasteiger partial charge in [0.05, 0.1) is 11.4 Å². The third-order valence-electron chi connectivity index (χ3n) is 4.88. The second-order valence-electron chi connectivity index (χ2n) is 6.73. The number of aryl methyl sites for hydroxylation is 2. The third kappa shape index (κ3) is 4.96. The SMILES string of the molecule is CSc1ccccc1NC(=S)N1CCCN(Cc2c(C)nn(C)c2Cl)CC1. The van der Waals surface area contributed by atoms with Crippen LogP contribution in [0.3, 0.4) is 0 Å². The van der Waals surface area contributed by atoms with Gasteiger partial charge in [-0.25, -0.2) is 0 Å². The lowest BCUT2D eigenvalue weighted by Crippen LogP contribution is -2.37. The molecule has 0 amide bonds. The van der Waals surface area contributed by atoms with Gasteiger partial charge >= 0.3 is 0 Å². The van der Waals surface area contributed by atoms with Crippen LogP contribution in [-0.2, 0) is 13.6 Å². The zero-order valence-corrected chi connectivity index (χ0v) is 18.4. The molecule has 0 bridgehead atoms. The summed E-state index contributed by atoms with van der Waals surface area (Å²) < 4.78 is 1.75. The molecular formula is C19H26ClN5S2. The van der Waals surface area contributed by atoms with E-state index >= 15 is 0 Å². The number of aromatic nitrogens is 2. The summed E-state index contributed by atoms with van der Waals surface area (Å²) in [5.41, 5.74) is 3.21. The number of hydrogen-bond acceptors (Lipinski definition) is 4. The van der Waals surface area contributed by atoms with Crippen molar-refractivity contribution >= 4 is 46.4 Å². The molecule has 0 aliphatic carbocycles. The van der Waals surface area contributed by atoms with E-state index in [1.165, 1.54) is 4.90 Å². The van der Waals surface area contributed by atoms with Gasteiger partial charge in [0, 0.05) is 50.2 Å². The highest BCUT2D eigenvalue weighted by atomic mass is 35.5. The van der Waals surface area contributed by atoms with E-state index in [1.54, 1.807) is 16.4 Å². The topological polar surface area (TPSA) is 36.3 Å². The lowest BCUT2D eigenvalue weighted by molar-refractivity contribution is 0.277. The molecule has 3 rings (SSSR count). The van der Waals surface area contributed by atoms with Crippen molar-refractivity contribution in [1.82, 2.24) is 19.6 Å². The summed E-state index contributed by atoms with van der Waals surface area (Å²) >= 11 is 13.8. The molecule has 27 heavy (non-hydrogen) atoms. The smallest absolute Gasteiger partial charge is 0.173 e. The molecule has 0 radical (unpaired) electrons. The van der Waals surface area contributed by atoms with Crippen LogP contribution >= 0.6 is 35.6 Å². The molecule has 1 fully saturated rings. The highest BCUT2D eigenvalue weighted by molar-refractivity contribution is 7.98. The van der Waals surface area contributed by atoms with Gasteiger partial charge in [-0.05, 0) is 44.0 Å². The van der Waals surface area contributed by atoms with Crippen molar-refractivity contribution in [2.45, 2.75) is 24.8 Å². The van der Waals surface area contributed by atoms with Gasteiger partial charge in [0.2, 0.25) is 0 Å². The molecule has 1 aliphatic rings. The Balaban J connectivity index is 1.60. The molecule has 1 aromatic carbocycles. The van der Waals surface area contributed by atoms with Gasteiger partial charge in [-0.1, -0.05) is 23.7 Å². The summed E-state index contributed by atoms with van der Waals surface area (Å²) in [4.78, 5) is 5.91. The fourth-order valence-corrected chi connectivity index (χ4v) is 4.43. The van der Waals surface area contributed by atoms with E-state index in [0.717, 1.165) is 66.4 Å². The minimum absolute atomic E-state index is 0.736. The Morgan fingerprint density at radius 3 is 2.74 bits per heavy atom. The van der Waals surface area contributed by atoms with E-state index in [4.69, 9.17) is 23.8 Å². The van der Waals surface area contributed by atoms with Crippen molar-refractivity contribution in [2.75, 3.05) is 37.8 Å². The summed E-state index contributed by atoms with van der Waals surface area (Å²) in [6.07, 6.45) is 3.15. The second kappa shape index (κ2) is 9.28. The van der Waals surface area contributed by atoms with Crippen LogP contribution in [0.1, 0.15) is 17.7 Å². The van der Waals surface area contributed by atoms with Crippen LogP contribution in [0.25, 0.3) is 0 Å². The standard InChI is InChI=1S/C19H26ClN5S2/c1-14-15(18(20)23(2)22-14)13-24-9-6-10-25(12-11-24)19(26)21-16-7-4-5-8-17(16)27-3/h4-5,7-8H,6,9-13H2,1-3H3,(H,21,26). The molecule has 0 unspecified atom stereocenters. The zero-order valence-electron chi connectivity index (χ0n) is 16.0. The summed E-state index contributed by atoms with van der Waals surface area (Å²) in [6, 6.07) is 8.28. The Bertz CT molecular complexity index is 807. The van der Waals surface area contributed by atoms with Crippen molar-refractivity contribution in [3.8, 4) is 0 Å². The molecule has 1 aromatic heterocycles. The maximum absolute atomic E-state index is 6.40. The zero-order chi connectivity index (χ0) is 19.4. The largest absolute Gasteiger partial charge is 0.348 e. The van der Waals surface area contributed by atoms with Gasteiger partial charge < -0.3 is 10.2 Å². The first kappa shape index (κ1) is 20.5. The first-order valence-electron chi connectivity index (χ1n) is 9.09. The van der Waals surface area contributed by atoms with Gasteiger partial charge in [-0.2, -0.15) is 5.10 Å². The highest BCUT2D eigenvalue weighted by Crippen LogP contribution is 2.25. The number of hydrogen-bond donors (Lipinski definition) is 1. The minimum Gasteiger partial charge on any atom is -0.348 e. The first-order valence-corrected chi connectivity index (χ1v) is 11.1. The molecule has 8 heteroatoms. The van der Waals surface area contributed by atoms with Crippen molar-refractivity contribution in [1.29, 1.82) is 0 Å². The summed E-state index contributed by atoms with van der Waals surface area (Å²) in [7, 11) is 1.89. The first-order chi connectivity index (χ1) is 13.0. The number of anilines is 1. The van der Waals surface area contributed by atoms with E-state index < -0.39 is 0 Å². The monoisotopic (exact) mass is 423 g/mol. The van der Waals surface area contributed by atoms with Gasteiger partial charge in [-0.3, -0.25) is 9.58 Å². The third-order valence-corrected chi connectivity index (χ3v) is 6.50. The van der Waals surface area contributed by atoms with Gasteiger partial charge in [0.1, 0.15) is 5.15 Å². The van der Waals surface area contributed by atoms with Crippen LogP contribution in [0.4, 0.5) is 5.69 Å². The molecule has 0 spiro atoms. The van der Waals surface area contributed by atoms with Crippen LogP contribution in [0.15, 0.2) is 29.2 Å².